The van der Waals surface area contributed by atoms with E-state index in [1.807, 2.05) is 0 Å². The van der Waals surface area contributed by atoms with E-state index in [4.69, 9.17) is 0 Å². The Kier molecular flexibility index (Phi) is 4.79. The summed E-state index contributed by atoms with van der Waals surface area (Å²) in [6.07, 6.45) is -4.80. The maximum atomic E-state index is 14.0. The highest BCUT2D eigenvalue weighted by Crippen LogP contribution is 2.41. The summed E-state index contributed by atoms with van der Waals surface area (Å²) in [6.45, 7) is 1.62. The van der Waals surface area contributed by atoms with Gasteiger partial charge in [0, 0.05) is 11.1 Å². The van der Waals surface area contributed by atoms with Gasteiger partial charge in [0.1, 0.15) is 16.4 Å². The Morgan fingerprint density at radius 1 is 1.30 bits per heavy atom. The molecule has 0 aliphatic heterocycles. The molecular weight excluding hydrogens is 358 g/mol. The van der Waals surface area contributed by atoms with E-state index in [1.54, 1.807) is 6.92 Å². The molecule has 0 spiro atoms. The number of hydrogen-bond donors (Lipinski definition) is 0. The molecule has 1 aromatic heterocycles. The second-order valence-corrected chi connectivity index (χ2v) is 7.20. The predicted molar refractivity (Wildman–Crippen MR) is 76.9 cm³/mol. The average molecular weight is 369 g/mol. The number of hydrogen-bond acceptors (Lipinski definition) is 5. The van der Waals surface area contributed by atoms with E-state index in [9.17, 15) is 26.0 Å². The molecule has 0 unspecified atom stereocenters. The first-order valence-electron chi connectivity index (χ1n) is 6.15. The van der Waals surface area contributed by atoms with Crippen LogP contribution in [0.15, 0.2) is 18.2 Å². The first kappa shape index (κ1) is 17.8. The van der Waals surface area contributed by atoms with Gasteiger partial charge in [0.15, 0.2) is 0 Å². The fourth-order valence-electron chi connectivity index (χ4n) is 1.93. The van der Waals surface area contributed by atoms with Crippen LogP contribution in [0.5, 0.6) is 0 Å². The van der Waals surface area contributed by atoms with Crippen LogP contribution in [-0.4, -0.2) is 19.9 Å². The highest BCUT2D eigenvalue weighted by Gasteiger charge is 2.39. The number of alkyl halides is 3. The largest absolute Gasteiger partial charge is 0.427 e. The van der Waals surface area contributed by atoms with Crippen LogP contribution in [0.3, 0.4) is 0 Å². The molecule has 0 amide bonds. The van der Waals surface area contributed by atoms with Gasteiger partial charge in [-0.3, -0.25) is 4.18 Å². The molecule has 0 radical (unpaired) electrons. The van der Waals surface area contributed by atoms with E-state index < -0.39 is 38.3 Å². The molecule has 0 atom stereocenters. The summed E-state index contributed by atoms with van der Waals surface area (Å²) in [5.74, 6) is -1.82. The smallest absolute Gasteiger partial charge is 0.273 e. The van der Waals surface area contributed by atoms with Gasteiger partial charge in [-0.15, -0.1) is 0 Å². The van der Waals surface area contributed by atoms with E-state index in [0.29, 0.717) is 5.56 Å². The number of rotatable bonds is 4. The van der Waals surface area contributed by atoms with Crippen molar-refractivity contribution in [3.63, 3.8) is 0 Å². The number of aromatic nitrogens is 1. The van der Waals surface area contributed by atoms with Gasteiger partial charge < -0.3 is 0 Å². The zero-order chi connectivity index (χ0) is 17.4. The summed E-state index contributed by atoms with van der Waals surface area (Å²) in [6, 6.07) is 3.90. The first-order valence-corrected chi connectivity index (χ1v) is 8.51. The van der Waals surface area contributed by atoms with E-state index >= 15 is 0 Å². The van der Waals surface area contributed by atoms with E-state index in [1.165, 1.54) is 12.1 Å². The van der Waals surface area contributed by atoms with Crippen molar-refractivity contribution < 1.29 is 30.2 Å². The van der Waals surface area contributed by atoms with Crippen molar-refractivity contribution in [1.29, 1.82) is 0 Å². The summed E-state index contributed by atoms with van der Waals surface area (Å²) in [5, 5.41) is 0. The molecular formula is C13H11F4NO3S2. The minimum atomic E-state index is -4.80. The first-order chi connectivity index (χ1) is 10.5. The summed E-state index contributed by atoms with van der Waals surface area (Å²) >= 11 is 0.0804. The van der Waals surface area contributed by atoms with Gasteiger partial charge in [0.05, 0.1) is 12.8 Å². The monoisotopic (exact) mass is 369 g/mol. The summed E-state index contributed by atoms with van der Waals surface area (Å²) < 4.78 is 84.2. The number of aryl methyl sites for hydroxylation is 1. The zero-order valence-electron chi connectivity index (χ0n) is 11.9. The Morgan fingerprint density at radius 2 is 1.96 bits per heavy atom. The third kappa shape index (κ3) is 3.88. The maximum Gasteiger partial charge on any atom is 0.427 e. The number of benzene rings is 1. The third-order valence-electron chi connectivity index (χ3n) is 3.00. The number of halogens is 4. The van der Waals surface area contributed by atoms with E-state index in [2.05, 4.69) is 8.56 Å². The molecule has 0 aliphatic carbocycles. The molecule has 0 N–H and O–H groups in total. The van der Waals surface area contributed by atoms with Gasteiger partial charge in [0.25, 0.3) is 10.1 Å². The fourth-order valence-corrected chi connectivity index (χ4v) is 3.54. The van der Waals surface area contributed by atoms with Crippen molar-refractivity contribution >= 4 is 21.7 Å². The lowest BCUT2D eigenvalue weighted by molar-refractivity contribution is -0.134. The normalized spacial score (nSPS) is 12.6. The molecule has 0 fully saturated rings. The van der Waals surface area contributed by atoms with Crippen LogP contribution in [0.25, 0.3) is 11.3 Å². The molecule has 1 heterocycles. The molecule has 0 bridgehead atoms. The molecule has 0 saturated heterocycles. The Hall–Kier alpha value is -1.52. The molecule has 2 rings (SSSR count). The highest BCUT2D eigenvalue weighted by molar-refractivity contribution is 7.85. The zero-order valence-corrected chi connectivity index (χ0v) is 13.6. The Balaban J connectivity index is 2.67. The van der Waals surface area contributed by atoms with Crippen molar-refractivity contribution in [1.82, 2.24) is 4.37 Å². The molecule has 23 heavy (non-hydrogen) atoms. The molecule has 2 aromatic rings. The van der Waals surface area contributed by atoms with Gasteiger partial charge >= 0.3 is 6.18 Å². The summed E-state index contributed by atoms with van der Waals surface area (Å²) in [5.41, 5.74) is -0.584. The Morgan fingerprint density at radius 3 is 2.48 bits per heavy atom. The van der Waals surface area contributed by atoms with Crippen molar-refractivity contribution in [3.8, 4) is 11.3 Å². The van der Waals surface area contributed by atoms with Gasteiger partial charge in [-0.1, -0.05) is 6.07 Å². The van der Waals surface area contributed by atoms with Crippen LogP contribution in [0, 0.1) is 12.7 Å². The van der Waals surface area contributed by atoms with Gasteiger partial charge in [0.2, 0.25) is 0 Å². The molecule has 126 valence electrons. The van der Waals surface area contributed by atoms with Gasteiger partial charge in [-0.2, -0.15) is 26.0 Å². The van der Waals surface area contributed by atoms with Crippen molar-refractivity contribution in [2.75, 3.05) is 7.11 Å². The van der Waals surface area contributed by atoms with E-state index in [-0.39, 0.29) is 22.8 Å². The van der Waals surface area contributed by atoms with Gasteiger partial charge in [-0.25, -0.2) is 4.39 Å². The fraction of sp³-hybridized carbons (Fsp3) is 0.308. The Labute approximate surface area is 134 Å². The predicted octanol–water partition coefficient (Wildman–Crippen LogP) is 3.75. The third-order valence-corrected chi connectivity index (χ3v) is 5.08. The lowest BCUT2D eigenvalue weighted by Gasteiger charge is -2.09. The van der Waals surface area contributed by atoms with Crippen LogP contribution >= 0.6 is 11.5 Å². The quantitative estimate of drug-likeness (QED) is 0.608. The molecule has 1 aromatic carbocycles. The standard InChI is InChI=1S/C13H11F4NO3S2/c1-7-3-4-8(10(14)5-7)11-9(6-23(19,20)21-2)12(22-18-11)13(15,16)17/h3-5H,6H2,1-2H3. The van der Waals surface area contributed by atoms with Crippen molar-refractivity contribution in [2.45, 2.75) is 18.9 Å². The summed E-state index contributed by atoms with van der Waals surface area (Å²) in [4.78, 5) is -1.19. The van der Waals surface area contributed by atoms with Gasteiger partial charge in [-0.05, 0) is 36.2 Å². The van der Waals surface area contributed by atoms with E-state index in [0.717, 1.165) is 13.2 Å². The lowest BCUT2D eigenvalue weighted by Crippen LogP contribution is -2.12. The minimum Gasteiger partial charge on any atom is -0.273 e. The molecule has 0 aliphatic rings. The second kappa shape index (κ2) is 6.17. The molecule has 4 nitrogen and oxygen atoms in total. The molecule has 0 saturated carbocycles. The summed E-state index contributed by atoms with van der Waals surface area (Å²) in [7, 11) is -3.39. The minimum absolute atomic E-state index is 0.0804. The van der Waals surface area contributed by atoms with Crippen LogP contribution in [0.2, 0.25) is 0 Å². The SMILES string of the molecule is COS(=O)(=O)Cc1c(-c2ccc(C)cc2F)nsc1C(F)(F)F. The van der Waals surface area contributed by atoms with Crippen LogP contribution in [0.4, 0.5) is 17.6 Å². The van der Waals surface area contributed by atoms with Crippen LogP contribution in [-0.2, 0) is 26.2 Å². The van der Waals surface area contributed by atoms with Crippen LogP contribution in [0.1, 0.15) is 16.0 Å². The second-order valence-electron chi connectivity index (χ2n) is 4.69. The Bertz CT molecular complexity index is 828. The lowest BCUT2D eigenvalue weighted by atomic mass is 10.0. The van der Waals surface area contributed by atoms with Crippen molar-refractivity contribution in [3.05, 3.63) is 40.0 Å². The highest BCUT2D eigenvalue weighted by atomic mass is 32.2. The number of nitrogens with zero attached hydrogens (tertiary/aromatic N) is 1. The topological polar surface area (TPSA) is 56.3 Å². The molecule has 10 heteroatoms. The maximum absolute atomic E-state index is 14.0. The average Bonchev–Trinajstić information content (AvgIpc) is 2.81. The van der Waals surface area contributed by atoms with Crippen LogP contribution < -0.4 is 0 Å². The van der Waals surface area contributed by atoms with Crippen molar-refractivity contribution in [2.24, 2.45) is 0 Å².